The predicted molar refractivity (Wildman–Crippen MR) is 80.7 cm³/mol. The number of carbonyl (C=O) groups is 1. The summed E-state index contributed by atoms with van der Waals surface area (Å²) in [5.74, 6) is 1.39. The molecule has 0 saturated carbocycles. The third-order valence-electron chi connectivity index (χ3n) is 3.67. The number of hydrogen-bond donors (Lipinski definition) is 2. The van der Waals surface area contributed by atoms with Crippen LogP contribution in [-0.4, -0.2) is 35.9 Å². The van der Waals surface area contributed by atoms with Crippen LogP contribution in [0.15, 0.2) is 22.7 Å². The summed E-state index contributed by atoms with van der Waals surface area (Å²) in [6, 6.07) is 5.23. The van der Waals surface area contributed by atoms with Crippen molar-refractivity contribution in [3.8, 4) is 11.5 Å². The summed E-state index contributed by atoms with van der Waals surface area (Å²) in [6.07, 6.45) is -0.852. The van der Waals surface area contributed by atoms with Crippen LogP contribution in [0.2, 0.25) is 0 Å². The number of nitrogens with zero attached hydrogens (tertiary/aromatic N) is 1. The van der Waals surface area contributed by atoms with Crippen LogP contribution in [0, 0.1) is 13.8 Å². The molecule has 0 spiro atoms. The van der Waals surface area contributed by atoms with Crippen molar-refractivity contribution in [3.63, 3.8) is 0 Å². The number of aliphatic hydroxyl groups is 1. The third-order valence-corrected chi connectivity index (χ3v) is 3.67. The van der Waals surface area contributed by atoms with Crippen molar-refractivity contribution in [1.82, 2.24) is 10.5 Å². The Labute approximate surface area is 133 Å². The van der Waals surface area contributed by atoms with Crippen LogP contribution in [0.25, 0.3) is 0 Å². The second-order valence-electron chi connectivity index (χ2n) is 5.33. The molecule has 122 valence electrons. The average Bonchev–Trinajstić information content (AvgIpc) is 2.90. The van der Waals surface area contributed by atoms with E-state index in [2.05, 4.69) is 10.5 Å². The van der Waals surface area contributed by atoms with Crippen LogP contribution in [-0.2, 0) is 0 Å². The van der Waals surface area contributed by atoms with Gasteiger partial charge in [0, 0.05) is 6.54 Å². The molecule has 1 aromatic carbocycles. The van der Waals surface area contributed by atoms with E-state index in [1.165, 1.54) is 0 Å². The van der Waals surface area contributed by atoms with Gasteiger partial charge in [-0.25, -0.2) is 0 Å². The van der Waals surface area contributed by atoms with Crippen molar-refractivity contribution >= 4 is 5.91 Å². The van der Waals surface area contributed by atoms with E-state index in [-0.39, 0.29) is 12.5 Å². The van der Waals surface area contributed by atoms with Gasteiger partial charge in [-0.15, -0.1) is 0 Å². The number of hydrogen-bond acceptors (Lipinski definition) is 6. The summed E-state index contributed by atoms with van der Waals surface area (Å²) in [6.45, 7) is 4.44. The highest BCUT2D eigenvalue weighted by molar-refractivity contribution is 5.96. The minimum Gasteiger partial charge on any atom is -0.486 e. The number of amides is 1. The molecule has 2 N–H and O–H groups in total. The number of ether oxygens (including phenoxy) is 2. The van der Waals surface area contributed by atoms with Crippen LogP contribution in [0.3, 0.4) is 0 Å². The Bertz CT molecular complexity index is 706. The fourth-order valence-corrected chi connectivity index (χ4v) is 2.47. The first-order valence-electron chi connectivity index (χ1n) is 7.35. The molecule has 1 unspecified atom stereocenters. The molecule has 0 saturated heterocycles. The van der Waals surface area contributed by atoms with Gasteiger partial charge in [-0.2, -0.15) is 0 Å². The minimum atomic E-state index is -0.852. The summed E-state index contributed by atoms with van der Waals surface area (Å²) in [5.41, 5.74) is 1.57. The van der Waals surface area contributed by atoms with Crippen molar-refractivity contribution in [2.45, 2.75) is 20.0 Å². The molecule has 3 rings (SSSR count). The molecule has 0 radical (unpaired) electrons. The SMILES string of the molecule is Cc1noc(C)c1C(=O)NCC(O)c1ccc2c(c1)OCCO2. The highest BCUT2D eigenvalue weighted by atomic mass is 16.6. The molecule has 0 aliphatic carbocycles. The Hall–Kier alpha value is -2.54. The lowest BCUT2D eigenvalue weighted by molar-refractivity contribution is 0.0913. The molecular formula is C16H18N2O5. The summed E-state index contributed by atoms with van der Waals surface area (Å²) < 4.78 is 15.9. The molecule has 1 atom stereocenters. The quantitative estimate of drug-likeness (QED) is 0.888. The lowest BCUT2D eigenvalue weighted by atomic mass is 10.1. The first kappa shape index (κ1) is 15.4. The topological polar surface area (TPSA) is 93.8 Å². The average molecular weight is 318 g/mol. The second kappa shape index (κ2) is 6.29. The number of benzene rings is 1. The number of fused-ring (bicyclic) bond motifs is 1. The van der Waals surface area contributed by atoms with Gasteiger partial charge in [0.25, 0.3) is 5.91 Å². The third kappa shape index (κ3) is 3.14. The van der Waals surface area contributed by atoms with E-state index >= 15 is 0 Å². The van der Waals surface area contributed by atoms with E-state index in [1.54, 1.807) is 32.0 Å². The highest BCUT2D eigenvalue weighted by Crippen LogP contribution is 2.32. The number of nitrogens with one attached hydrogen (secondary N) is 1. The lowest BCUT2D eigenvalue weighted by Gasteiger charge is -2.20. The summed E-state index contributed by atoms with van der Waals surface area (Å²) in [7, 11) is 0. The Morgan fingerprint density at radius 3 is 2.74 bits per heavy atom. The molecular weight excluding hydrogens is 300 g/mol. The van der Waals surface area contributed by atoms with Crippen LogP contribution in [0.4, 0.5) is 0 Å². The standard InChI is InChI=1S/C16H18N2O5/c1-9-15(10(2)23-18-9)16(20)17-8-12(19)11-3-4-13-14(7-11)22-6-5-21-13/h3-4,7,12,19H,5-6,8H2,1-2H3,(H,17,20). The molecule has 1 aliphatic rings. The van der Waals surface area contributed by atoms with Crippen LogP contribution in [0.5, 0.6) is 11.5 Å². The molecule has 23 heavy (non-hydrogen) atoms. The molecule has 2 heterocycles. The number of aromatic nitrogens is 1. The maximum atomic E-state index is 12.1. The molecule has 7 heteroatoms. The normalized spacial score (nSPS) is 14.4. The summed E-state index contributed by atoms with van der Waals surface area (Å²) >= 11 is 0. The van der Waals surface area contributed by atoms with Gasteiger partial charge in [0.05, 0.1) is 11.8 Å². The number of aryl methyl sites for hydroxylation is 2. The van der Waals surface area contributed by atoms with E-state index in [4.69, 9.17) is 14.0 Å². The Morgan fingerprint density at radius 1 is 1.30 bits per heavy atom. The first-order chi connectivity index (χ1) is 11.1. The molecule has 1 amide bonds. The van der Waals surface area contributed by atoms with Crippen molar-refractivity contribution in [2.24, 2.45) is 0 Å². The lowest BCUT2D eigenvalue weighted by Crippen LogP contribution is -2.29. The maximum Gasteiger partial charge on any atom is 0.256 e. The Kier molecular flexibility index (Phi) is 4.20. The molecule has 0 fully saturated rings. The summed E-state index contributed by atoms with van der Waals surface area (Å²) in [4.78, 5) is 12.1. The zero-order valence-electron chi connectivity index (χ0n) is 13.0. The van der Waals surface area contributed by atoms with Crippen molar-refractivity contribution in [2.75, 3.05) is 19.8 Å². The Morgan fingerprint density at radius 2 is 2.04 bits per heavy atom. The number of rotatable bonds is 4. The smallest absolute Gasteiger partial charge is 0.256 e. The van der Waals surface area contributed by atoms with Crippen LogP contribution < -0.4 is 14.8 Å². The fraction of sp³-hybridized carbons (Fsp3) is 0.375. The van der Waals surface area contributed by atoms with Crippen molar-refractivity contribution in [1.29, 1.82) is 0 Å². The van der Waals surface area contributed by atoms with Gasteiger partial charge in [0.2, 0.25) is 0 Å². The van der Waals surface area contributed by atoms with Crippen LogP contribution in [0.1, 0.15) is 33.5 Å². The van der Waals surface area contributed by atoms with E-state index in [9.17, 15) is 9.90 Å². The molecule has 0 bridgehead atoms. The first-order valence-corrected chi connectivity index (χ1v) is 7.35. The molecule has 2 aromatic rings. The Balaban J connectivity index is 1.65. The molecule has 1 aromatic heterocycles. The van der Waals surface area contributed by atoms with E-state index in [0.717, 1.165) is 0 Å². The van der Waals surface area contributed by atoms with Gasteiger partial charge < -0.3 is 24.4 Å². The van der Waals surface area contributed by atoms with Gasteiger partial charge in [-0.3, -0.25) is 4.79 Å². The van der Waals surface area contributed by atoms with Gasteiger partial charge >= 0.3 is 0 Å². The highest BCUT2D eigenvalue weighted by Gasteiger charge is 2.20. The van der Waals surface area contributed by atoms with Crippen LogP contribution >= 0.6 is 0 Å². The fourth-order valence-electron chi connectivity index (χ4n) is 2.47. The van der Waals surface area contributed by atoms with Gasteiger partial charge in [-0.1, -0.05) is 11.2 Å². The van der Waals surface area contributed by atoms with Crippen molar-refractivity contribution < 1.29 is 23.9 Å². The van der Waals surface area contributed by atoms with E-state index in [1.807, 2.05) is 0 Å². The predicted octanol–water partition coefficient (Wildman–Crippen LogP) is 1.53. The monoisotopic (exact) mass is 318 g/mol. The number of aliphatic hydroxyl groups excluding tert-OH is 1. The van der Waals surface area contributed by atoms with Gasteiger partial charge in [-0.05, 0) is 31.5 Å². The summed E-state index contributed by atoms with van der Waals surface area (Å²) in [5, 5.41) is 16.7. The number of carbonyl (C=O) groups excluding carboxylic acids is 1. The van der Waals surface area contributed by atoms with E-state index < -0.39 is 6.10 Å². The molecule has 1 aliphatic heterocycles. The largest absolute Gasteiger partial charge is 0.486 e. The van der Waals surface area contributed by atoms with Gasteiger partial charge in [0.1, 0.15) is 24.5 Å². The second-order valence-corrected chi connectivity index (χ2v) is 5.33. The molecule has 7 nitrogen and oxygen atoms in total. The maximum absolute atomic E-state index is 12.1. The van der Waals surface area contributed by atoms with E-state index in [0.29, 0.717) is 47.3 Å². The zero-order chi connectivity index (χ0) is 16.4. The minimum absolute atomic E-state index is 0.0720. The van der Waals surface area contributed by atoms with Crippen molar-refractivity contribution in [3.05, 3.63) is 40.8 Å². The zero-order valence-corrected chi connectivity index (χ0v) is 13.0. The van der Waals surface area contributed by atoms with Gasteiger partial charge in [0.15, 0.2) is 11.5 Å².